The molecule has 2 aromatic rings. The Morgan fingerprint density at radius 1 is 1.09 bits per heavy atom. The Labute approximate surface area is 127 Å². The summed E-state index contributed by atoms with van der Waals surface area (Å²) in [5, 5.41) is 10.7. The van der Waals surface area contributed by atoms with Gasteiger partial charge in [-0.3, -0.25) is 10.1 Å². The molecule has 0 saturated carbocycles. The lowest BCUT2D eigenvalue weighted by Crippen LogP contribution is -2.26. The number of benzene rings is 2. The molecule has 2 aromatic carbocycles. The highest BCUT2D eigenvalue weighted by molar-refractivity contribution is 5.67. The maximum Gasteiger partial charge on any atom is 0.269 e. The summed E-state index contributed by atoms with van der Waals surface area (Å²) < 4.78 is 5.15. The van der Waals surface area contributed by atoms with Gasteiger partial charge in [-0.05, 0) is 41.5 Å². The molecule has 1 atom stereocenters. The zero-order valence-corrected chi connectivity index (χ0v) is 11.9. The van der Waals surface area contributed by atoms with Gasteiger partial charge in [-0.2, -0.15) is 0 Å². The zero-order chi connectivity index (χ0) is 15.5. The first-order chi connectivity index (χ1) is 10.7. The third-order valence-corrected chi connectivity index (χ3v) is 3.56. The minimum atomic E-state index is -0.404. The fourth-order valence-corrected chi connectivity index (χ4v) is 2.33. The van der Waals surface area contributed by atoms with Crippen molar-refractivity contribution in [1.82, 2.24) is 10.9 Å². The maximum absolute atomic E-state index is 10.7. The predicted octanol–water partition coefficient (Wildman–Crippen LogP) is 2.79. The summed E-state index contributed by atoms with van der Waals surface area (Å²) in [6.45, 7) is 0. The number of rotatable bonds is 4. The van der Waals surface area contributed by atoms with E-state index in [1.807, 2.05) is 30.3 Å². The van der Waals surface area contributed by atoms with Crippen molar-refractivity contribution in [3.63, 3.8) is 0 Å². The normalized spacial score (nSPS) is 16.8. The van der Waals surface area contributed by atoms with Crippen LogP contribution in [-0.2, 0) is 0 Å². The van der Waals surface area contributed by atoms with Crippen LogP contribution in [0.15, 0.2) is 54.6 Å². The van der Waals surface area contributed by atoms with E-state index in [9.17, 15) is 10.1 Å². The van der Waals surface area contributed by atoms with Crippen LogP contribution < -0.4 is 15.6 Å². The molecule has 0 amide bonds. The molecule has 1 aliphatic heterocycles. The van der Waals surface area contributed by atoms with E-state index in [4.69, 9.17) is 4.74 Å². The van der Waals surface area contributed by atoms with Crippen molar-refractivity contribution in [3.05, 3.63) is 75.8 Å². The fraction of sp³-hybridized carbons (Fsp3) is 0.125. The third kappa shape index (κ3) is 2.77. The Bertz CT molecular complexity index is 708. The Morgan fingerprint density at radius 3 is 2.36 bits per heavy atom. The summed E-state index contributed by atoms with van der Waals surface area (Å²) >= 11 is 0. The van der Waals surface area contributed by atoms with Gasteiger partial charge in [0.05, 0.1) is 23.8 Å². The molecule has 1 heterocycles. The van der Waals surface area contributed by atoms with E-state index in [0.717, 1.165) is 22.6 Å². The van der Waals surface area contributed by atoms with Crippen molar-refractivity contribution in [2.75, 3.05) is 7.11 Å². The number of hydrogen-bond donors (Lipinski definition) is 2. The predicted molar refractivity (Wildman–Crippen MR) is 83.1 cm³/mol. The molecular formula is C16H15N3O3. The average Bonchev–Trinajstić information content (AvgIpc) is 3.05. The Hall–Kier alpha value is -2.86. The molecule has 0 bridgehead atoms. The standard InChI is InChI=1S/C16H15N3O3/c1-22-14-8-4-12(5-9-14)16-10-15(17-18-16)11-2-6-13(7-3-11)19(20)21/h2-10,16-18H,1H3. The Kier molecular flexibility index (Phi) is 3.76. The molecule has 0 radical (unpaired) electrons. The molecule has 6 heteroatoms. The minimum Gasteiger partial charge on any atom is -0.497 e. The summed E-state index contributed by atoms with van der Waals surface area (Å²) in [4.78, 5) is 10.3. The van der Waals surface area contributed by atoms with Crippen molar-refractivity contribution in [2.24, 2.45) is 0 Å². The smallest absolute Gasteiger partial charge is 0.269 e. The SMILES string of the molecule is COc1ccc(C2C=C(c3ccc([N+](=O)[O-])cc3)NN2)cc1. The molecule has 1 aliphatic rings. The van der Waals surface area contributed by atoms with Gasteiger partial charge < -0.3 is 10.2 Å². The van der Waals surface area contributed by atoms with Gasteiger partial charge in [0.2, 0.25) is 0 Å². The fourth-order valence-electron chi connectivity index (χ4n) is 2.33. The number of hydrogen-bond acceptors (Lipinski definition) is 5. The van der Waals surface area contributed by atoms with Crippen LogP contribution in [0, 0.1) is 10.1 Å². The van der Waals surface area contributed by atoms with E-state index < -0.39 is 4.92 Å². The van der Waals surface area contributed by atoms with Gasteiger partial charge in [-0.15, -0.1) is 0 Å². The largest absolute Gasteiger partial charge is 0.497 e. The van der Waals surface area contributed by atoms with Crippen LogP contribution in [0.5, 0.6) is 5.75 Å². The highest BCUT2D eigenvalue weighted by Crippen LogP contribution is 2.26. The molecule has 0 aromatic heterocycles. The number of non-ortho nitro benzene ring substituents is 1. The molecule has 0 fully saturated rings. The number of ether oxygens (including phenoxy) is 1. The molecule has 0 spiro atoms. The van der Waals surface area contributed by atoms with Gasteiger partial charge in [-0.1, -0.05) is 12.1 Å². The van der Waals surface area contributed by atoms with E-state index in [2.05, 4.69) is 10.9 Å². The monoisotopic (exact) mass is 297 g/mol. The van der Waals surface area contributed by atoms with Gasteiger partial charge in [0.25, 0.3) is 5.69 Å². The number of nitrogens with zero attached hydrogens (tertiary/aromatic N) is 1. The van der Waals surface area contributed by atoms with Gasteiger partial charge in [0.15, 0.2) is 0 Å². The summed E-state index contributed by atoms with van der Waals surface area (Å²) in [5.74, 6) is 0.814. The number of nitro groups is 1. The molecule has 3 rings (SSSR count). The van der Waals surface area contributed by atoms with E-state index in [1.54, 1.807) is 19.2 Å². The number of nitrogens with one attached hydrogen (secondary N) is 2. The van der Waals surface area contributed by atoms with Crippen molar-refractivity contribution >= 4 is 11.4 Å². The van der Waals surface area contributed by atoms with Gasteiger partial charge in [-0.25, -0.2) is 5.43 Å². The zero-order valence-electron chi connectivity index (χ0n) is 11.9. The lowest BCUT2D eigenvalue weighted by atomic mass is 10.1. The molecule has 0 saturated heterocycles. The van der Waals surface area contributed by atoms with E-state index >= 15 is 0 Å². The van der Waals surface area contributed by atoms with Crippen LogP contribution in [0.1, 0.15) is 17.2 Å². The molecule has 1 unspecified atom stereocenters. The number of hydrazine groups is 1. The quantitative estimate of drug-likeness (QED) is 0.670. The van der Waals surface area contributed by atoms with Crippen LogP contribution in [0.2, 0.25) is 0 Å². The minimum absolute atomic E-state index is 0.0381. The lowest BCUT2D eigenvalue weighted by molar-refractivity contribution is -0.384. The third-order valence-electron chi connectivity index (χ3n) is 3.56. The summed E-state index contributed by atoms with van der Waals surface area (Å²) in [7, 11) is 1.64. The van der Waals surface area contributed by atoms with E-state index in [0.29, 0.717) is 0 Å². The summed E-state index contributed by atoms with van der Waals surface area (Å²) in [5.41, 5.74) is 9.27. The summed E-state index contributed by atoms with van der Waals surface area (Å²) in [6, 6.07) is 14.3. The molecule has 22 heavy (non-hydrogen) atoms. The van der Waals surface area contributed by atoms with Gasteiger partial charge in [0.1, 0.15) is 5.75 Å². The van der Waals surface area contributed by atoms with Crippen LogP contribution >= 0.6 is 0 Å². The van der Waals surface area contributed by atoms with Crippen molar-refractivity contribution in [1.29, 1.82) is 0 Å². The van der Waals surface area contributed by atoms with Crippen LogP contribution in [-0.4, -0.2) is 12.0 Å². The first-order valence-corrected chi connectivity index (χ1v) is 6.79. The summed E-state index contributed by atoms with van der Waals surface area (Å²) in [6.07, 6.45) is 2.04. The van der Waals surface area contributed by atoms with Crippen molar-refractivity contribution in [2.45, 2.75) is 6.04 Å². The first-order valence-electron chi connectivity index (χ1n) is 6.79. The second-order valence-electron chi connectivity index (χ2n) is 4.90. The first kappa shape index (κ1) is 14.1. The molecular weight excluding hydrogens is 282 g/mol. The number of nitro benzene ring substituents is 1. The molecule has 0 aliphatic carbocycles. The van der Waals surface area contributed by atoms with Crippen LogP contribution in [0.4, 0.5) is 5.69 Å². The average molecular weight is 297 g/mol. The van der Waals surface area contributed by atoms with E-state index in [-0.39, 0.29) is 11.7 Å². The second-order valence-corrected chi connectivity index (χ2v) is 4.90. The van der Waals surface area contributed by atoms with Crippen molar-refractivity contribution < 1.29 is 9.66 Å². The van der Waals surface area contributed by atoms with Gasteiger partial charge >= 0.3 is 0 Å². The second kappa shape index (κ2) is 5.87. The van der Waals surface area contributed by atoms with Crippen LogP contribution in [0.25, 0.3) is 5.70 Å². The van der Waals surface area contributed by atoms with Crippen LogP contribution in [0.3, 0.4) is 0 Å². The Morgan fingerprint density at radius 2 is 1.77 bits per heavy atom. The van der Waals surface area contributed by atoms with Crippen molar-refractivity contribution in [3.8, 4) is 5.75 Å². The molecule has 112 valence electrons. The Balaban J connectivity index is 1.79. The highest BCUT2D eigenvalue weighted by Gasteiger charge is 2.18. The van der Waals surface area contributed by atoms with E-state index in [1.165, 1.54) is 12.1 Å². The molecule has 6 nitrogen and oxygen atoms in total. The maximum atomic E-state index is 10.7. The number of methoxy groups -OCH3 is 1. The highest BCUT2D eigenvalue weighted by atomic mass is 16.6. The topological polar surface area (TPSA) is 76.4 Å². The molecule has 2 N–H and O–H groups in total. The lowest BCUT2D eigenvalue weighted by Gasteiger charge is -2.09. The van der Waals surface area contributed by atoms with Gasteiger partial charge in [0, 0.05) is 12.1 Å².